The second-order valence-electron chi connectivity index (χ2n) is 7.58. The number of rotatable bonds is 6. The summed E-state index contributed by atoms with van der Waals surface area (Å²) in [6.45, 7) is 9.56. The van der Waals surface area contributed by atoms with E-state index in [4.69, 9.17) is 0 Å². The maximum atomic E-state index is 13.5. The van der Waals surface area contributed by atoms with Gasteiger partial charge in [-0.1, -0.05) is 48.6 Å². The molecule has 0 aliphatic carbocycles. The number of hydrogen-bond donors (Lipinski definition) is 1. The first-order valence-electron chi connectivity index (χ1n) is 10.1. The smallest absolute Gasteiger partial charge is 0.255 e. The molecule has 4 nitrogen and oxygen atoms in total. The van der Waals surface area contributed by atoms with E-state index in [2.05, 4.69) is 47.1 Å². The zero-order valence-electron chi connectivity index (χ0n) is 16.8. The van der Waals surface area contributed by atoms with Gasteiger partial charge in [-0.2, -0.15) is 0 Å². The normalized spacial score (nSPS) is 14.3. The van der Waals surface area contributed by atoms with Gasteiger partial charge in [0.1, 0.15) is 0 Å². The van der Waals surface area contributed by atoms with E-state index >= 15 is 0 Å². The summed E-state index contributed by atoms with van der Waals surface area (Å²) in [7, 11) is 0. The summed E-state index contributed by atoms with van der Waals surface area (Å²) in [6.07, 6.45) is 7.79. The van der Waals surface area contributed by atoms with Crippen LogP contribution in [0, 0.1) is 0 Å². The Morgan fingerprint density at radius 2 is 1.67 bits per heavy atom. The molecule has 1 aliphatic rings. The third kappa shape index (κ3) is 2.72. The molecule has 30 heavy (non-hydrogen) atoms. The van der Waals surface area contributed by atoms with E-state index in [1.54, 1.807) is 6.08 Å². The summed E-state index contributed by atoms with van der Waals surface area (Å²) in [5.74, 6) is 0.0511. The van der Waals surface area contributed by atoms with Crippen molar-refractivity contribution in [2.75, 3.05) is 13.1 Å². The molecule has 0 saturated carbocycles. The van der Waals surface area contributed by atoms with Crippen molar-refractivity contribution in [1.29, 1.82) is 0 Å². The molecule has 0 spiro atoms. The molecule has 1 aliphatic heterocycles. The van der Waals surface area contributed by atoms with Crippen LogP contribution in [0.25, 0.3) is 33.0 Å². The number of fused-ring (bicyclic) bond motifs is 2. The first-order valence-corrected chi connectivity index (χ1v) is 10.1. The van der Waals surface area contributed by atoms with E-state index in [1.807, 2.05) is 47.5 Å². The van der Waals surface area contributed by atoms with E-state index in [0.717, 1.165) is 50.6 Å². The second kappa shape index (κ2) is 7.23. The van der Waals surface area contributed by atoms with Gasteiger partial charge >= 0.3 is 0 Å². The quantitative estimate of drug-likeness (QED) is 0.447. The van der Waals surface area contributed by atoms with Crippen molar-refractivity contribution in [2.24, 2.45) is 0 Å². The highest BCUT2D eigenvalue weighted by Gasteiger charge is 2.33. The summed E-state index contributed by atoms with van der Waals surface area (Å²) in [5, 5.41) is 2.22. The minimum Gasteiger partial charge on any atom is -0.361 e. The topological polar surface area (TPSA) is 41.0 Å². The van der Waals surface area contributed by atoms with Gasteiger partial charge in [0.15, 0.2) is 0 Å². The number of amides is 1. The third-order valence-corrected chi connectivity index (χ3v) is 5.80. The van der Waals surface area contributed by atoms with E-state index in [1.165, 1.54) is 0 Å². The number of aromatic nitrogens is 2. The number of benzene rings is 2. The first-order chi connectivity index (χ1) is 14.7. The van der Waals surface area contributed by atoms with Gasteiger partial charge in [-0.15, -0.1) is 13.2 Å². The Kier molecular flexibility index (Phi) is 4.40. The van der Waals surface area contributed by atoms with Crippen molar-refractivity contribution < 1.29 is 4.79 Å². The molecular weight excluding hydrogens is 370 g/mol. The van der Waals surface area contributed by atoms with Crippen LogP contribution in [0.3, 0.4) is 0 Å². The monoisotopic (exact) mass is 393 g/mol. The number of para-hydroxylation sites is 2. The molecule has 4 aromatic rings. The third-order valence-electron chi connectivity index (χ3n) is 5.80. The molecular formula is C26H23N3O. The van der Waals surface area contributed by atoms with Crippen molar-refractivity contribution in [3.63, 3.8) is 0 Å². The fourth-order valence-electron chi connectivity index (χ4n) is 4.49. The highest BCUT2D eigenvalue weighted by atomic mass is 16.2. The number of carbonyl (C=O) groups is 1. The fraction of sp³-hybridized carbons (Fsp3) is 0.115. The molecule has 4 heteroatoms. The maximum Gasteiger partial charge on any atom is 0.255 e. The summed E-state index contributed by atoms with van der Waals surface area (Å²) >= 11 is 0. The molecule has 0 radical (unpaired) electrons. The molecule has 3 heterocycles. The van der Waals surface area contributed by atoms with Crippen LogP contribution in [0.15, 0.2) is 86.2 Å². The van der Waals surface area contributed by atoms with Crippen molar-refractivity contribution >= 4 is 38.9 Å². The van der Waals surface area contributed by atoms with Gasteiger partial charge in [-0.3, -0.25) is 4.79 Å². The van der Waals surface area contributed by atoms with Gasteiger partial charge in [0.25, 0.3) is 5.91 Å². The SMILES string of the molecule is C=CCN1CC(c2cn(CC=C)c3ccccc23)=C(c2c[nH]c3ccccc23)C1=O. The lowest BCUT2D eigenvalue weighted by molar-refractivity contribution is -0.123. The van der Waals surface area contributed by atoms with Crippen molar-refractivity contribution in [2.45, 2.75) is 6.54 Å². The number of nitrogens with one attached hydrogen (secondary N) is 1. The van der Waals surface area contributed by atoms with Gasteiger partial charge in [0.05, 0.1) is 5.57 Å². The van der Waals surface area contributed by atoms with Gasteiger partial charge in [0, 0.05) is 65.0 Å². The molecule has 148 valence electrons. The lowest BCUT2D eigenvalue weighted by atomic mass is 9.96. The Morgan fingerprint density at radius 1 is 0.933 bits per heavy atom. The van der Waals surface area contributed by atoms with Crippen LogP contribution in [-0.2, 0) is 11.3 Å². The largest absolute Gasteiger partial charge is 0.361 e. The van der Waals surface area contributed by atoms with Crippen LogP contribution in [0.2, 0.25) is 0 Å². The van der Waals surface area contributed by atoms with Crippen molar-refractivity contribution in [3.8, 4) is 0 Å². The van der Waals surface area contributed by atoms with E-state index in [0.29, 0.717) is 13.1 Å². The second-order valence-corrected chi connectivity index (χ2v) is 7.58. The lowest BCUT2D eigenvalue weighted by Crippen LogP contribution is -2.26. The van der Waals surface area contributed by atoms with Gasteiger partial charge in [-0.25, -0.2) is 0 Å². The number of carbonyl (C=O) groups excluding carboxylic acids is 1. The highest BCUT2D eigenvalue weighted by Crippen LogP contribution is 2.40. The Bertz CT molecular complexity index is 1330. The van der Waals surface area contributed by atoms with Crippen molar-refractivity contribution in [1.82, 2.24) is 14.5 Å². The maximum absolute atomic E-state index is 13.5. The Hall–Kier alpha value is -3.79. The summed E-state index contributed by atoms with van der Waals surface area (Å²) in [6, 6.07) is 16.5. The fourth-order valence-corrected chi connectivity index (χ4v) is 4.49. The summed E-state index contributed by atoms with van der Waals surface area (Å²) < 4.78 is 2.19. The van der Waals surface area contributed by atoms with Gasteiger partial charge in [0.2, 0.25) is 0 Å². The zero-order valence-corrected chi connectivity index (χ0v) is 16.8. The van der Waals surface area contributed by atoms with E-state index in [9.17, 15) is 4.79 Å². The van der Waals surface area contributed by atoms with Crippen LogP contribution >= 0.6 is 0 Å². The molecule has 0 unspecified atom stereocenters. The molecule has 1 N–H and O–H groups in total. The average molecular weight is 393 g/mol. The first kappa shape index (κ1) is 18.3. The van der Waals surface area contributed by atoms with Crippen LogP contribution < -0.4 is 0 Å². The molecule has 2 aromatic carbocycles. The zero-order chi connectivity index (χ0) is 20.7. The molecule has 0 atom stereocenters. The van der Waals surface area contributed by atoms with Crippen molar-refractivity contribution in [3.05, 3.63) is 97.4 Å². The molecule has 2 aromatic heterocycles. The standard InChI is InChI=1S/C26H23N3O/c1-3-13-28-16-21(19-10-6-8-12-24(19)28)22-17-29(14-4-2)26(30)25(22)20-15-27-23-11-7-5-9-18(20)23/h3-12,15-16,27H,1-2,13-14,17H2. The van der Waals surface area contributed by atoms with Gasteiger partial charge < -0.3 is 14.5 Å². The minimum atomic E-state index is 0.0511. The Labute approximate surface area is 175 Å². The van der Waals surface area contributed by atoms with E-state index in [-0.39, 0.29) is 5.91 Å². The van der Waals surface area contributed by atoms with Gasteiger partial charge in [-0.05, 0) is 17.7 Å². The number of aromatic amines is 1. The average Bonchev–Trinajstić information content (AvgIpc) is 3.43. The highest BCUT2D eigenvalue weighted by molar-refractivity contribution is 6.33. The Balaban J connectivity index is 1.79. The van der Waals surface area contributed by atoms with Crippen LogP contribution in [0.5, 0.6) is 0 Å². The number of allylic oxidation sites excluding steroid dienone is 1. The number of H-pyrrole nitrogens is 1. The molecule has 0 saturated heterocycles. The molecule has 0 fully saturated rings. The van der Waals surface area contributed by atoms with Crippen LogP contribution in [0.4, 0.5) is 0 Å². The number of hydrogen-bond acceptors (Lipinski definition) is 1. The minimum absolute atomic E-state index is 0.0511. The van der Waals surface area contributed by atoms with E-state index < -0.39 is 0 Å². The summed E-state index contributed by atoms with van der Waals surface area (Å²) in [5.41, 5.74) is 6.07. The molecule has 1 amide bonds. The number of nitrogens with zero attached hydrogens (tertiary/aromatic N) is 2. The molecule has 0 bridgehead atoms. The Morgan fingerprint density at radius 3 is 2.47 bits per heavy atom. The molecule has 5 rings (SSSR count). The summed E-state index contributed by atoms with van der Waals surface area (Å²) in [4.78, 5) is 18.7. The predicted molar refractivity (Wildman–Crippen MR) is 124 cm³/mol. The van der Waals surface area contributed by atoms with Crippen LogP contribution in [-0.4, -0.2) is 33.4 Å². The lowest BCUT2D eigenvalue weighted by Gasteiger charge is -2.14. The predicted octanol–water partition coefficient (Wildman–Crippen LogP) is 5.25. The van der Waals surface area contributed by atoms with Crippen LogP contribution in [0.1, 0.15) is 11.1 Å².